The fourth-order valence-corrected chi connectivity index (χ4v) is 6.53. The highest BCUT2D eigenvalue weighted by Gasteiger charge is 2.62. The number of hydrogen-bond donors (Lipinski definition) is 0. The predicted octanol–water partition coefficient (Wildman–Crippen LogP) is 3.93. The molecule has 2 heterocycles. The molecule has 1 amide bonds. The molecule has 3 aliphatic rings. The fraction of sp³-hybridized carbons (Fsp3) is 0.565. The summed E-state index contributed by atoms with van der Waals surface area (Å²) in [6.45, 7) is 4.06. The SMILES string of the molecule is COC(=O)[C@]12CC(=O)N(CCc3cc(OC)c(OC)cc3Br)C1=C(Br)[C@H]1OC(C)(C)O[C@H]1C2. The lowest BCUT2D eigenvalue weighted by Crippen LogP contribution is -2.45. The van der Waals surface area contributed by atoms with E-state index in [-0.39, 0.29) is 18.4 Å². The van der Waals surface area contributed by atoms with Crippen LogP contribution in [-0.4, -0.2) is 62.6 Å². The summed E-state index contributed by atoms with van der Waals surface area (Å²) < 4.78 is 29.6. The number of nitrogens with zero attached hydrogens (tertiary/aromatic N) is 1. The lowest BCUT2D eigenvalue weighted by molar-refractivity contribution is -0.157. The average molecular weight is 589 g/mol. The van der Waals surface area contributed by atoms with Gasteiger partial charge >= 0.3 is 5.97 Å². The average Bonchev–Trinajstić information content (AvgIpc) is 3.24. The van der Waals surface area contributed by atoms with Crippen LogP contribution in [0.5, 0.6) is 11.5 Å². The van der Waals surface area contributed by atoms with E-state index < -0.39 is 23.3 Å². The predicted molar refractivity (Wildman–Crippen MR) is 126 cm³/mol. The van der Waals surface area contributed by atoms with Gasteiger partial charge in [-0.05, 0) is 44.4 Å². The summed E-state index contributed by atoms with van der Waals surface area (Å²) in [6, 6.07) is 3.72. The molecular formula is C23H27Br2NO7. The van der Waals surface area contributed by atoms with Gasteiger partial charge in [0.15, 0.2) is 17.3 Å². The molecule has 1 aromatic carbocycles. The minimum Gasteiger partial charge on any atom is -0.493 e. The van der Waals surface area contributed by atoms with E-state index in [9.17, 15) is 9.59 Å². The Hall–Kier alpha value is -1.62. The molecule has 8 nitrogen and oxygen atoms in total. The van der Waals surface area contributed by atoms with E-state index in [4.69, 9.17) is 23.7 Å². The number of methoxy groups -OCH3 is 3. The summed E-state index contributed by atoms with van der Waals surface area (Å²) >= 11 is 7.24. The lowest BCUT2D eigenvalue weighted by Gasteiger charge is -2.38. The van der Waals surface area contributed by atoms with Crippen LogP contribution < -0.4 is 9.47 Å². The zero-order valence-electron chi connectivity index (χ0n) is 19.2. The highest BCUT2D eigenvalue weighted by atomic mass is 79.9. The number of fused-ring (bicyclic) bond motifs is 2. The molecule has 0 saturated carbocycles. The number of halogens is 2. The second-order valence-electron chi connectivity index (χ2n) is 8.84. The van der Waals surface area contributed by atoms with Crippen molar-refractivity contribution in [3.05, 3.63) is 32.3 Å². The third kappa shape index (κ3) is 4.09. The van der Waals surface area contributed by atoms with Crippen LogP contribution in [0.4, 0.5) is 0 Å². The second kappa shape index (κ2) is 8.87. The smallest absolute Gasteiger partial charge is 0.318 e. The number of esters is 1. The number of ether oxygens (including phenoxy) is 5. The minimum absolute atomic E-state index is 0.0320. The van der Waals surface area contributed by atoms with Gasteiger partial charge in [0.25, 0.3) is 0 Å². The minimum atomic E-state index is -1.11. The van der Waals surface area contributed by atoms with Crippen LogP contribution in [0.1, 0.15) is 32.3 Å². The molecule has 1 aromatic rings. The molecule has 10 heteroatoms. The van der Waals surface area contributed by atoms with Gasteiger partial charge in [0.2, 0.25) is 5.91 Å². The first-order valence-electron chi connectivity index (χ1n) is 10.6. The van der Waals surface area contributed by atoms with Crippen LogP contribution in [-0.2, 0) is 30.2 Å². The topological polar surface area (TPSA) is 83.5 Å². The summed E-state index contributed by atoms with van der Waals surface area (Å²) in [6.07, 6.45) is 0.133. The van der Waals surface area contributed by atoms with E-state index in [2.05, 4.69) is 31.9 Å². The Morgan fingerprint density at radius 3 is 2.45 bits per heavy atom. The van der Waals surface area contributed by atoms with Crippen molar-refractivity contribution in [3.8, 4) is 11.5 Å². The van der Waals surface area contributed by atoms with Crippen molar-refractivity contribution >= 4 is 43.7 Å². The molecule has 0 spiro atoms. The third-order valence-corrected chi connectivity index (χ3v) is 7.99. The third-order valence-electron chi connectivity index (χ3n) is 6.42. The van der Waals surface area contributed by atoms with Crippen molar-refractivity contribution in [1.82, 2.24) is 4.90 Å². The van der Waals surface area contributed by atoms with Crippen molar-refractivity contribution in [3.63, 3.8) is 0 Å². The molecule has 0 N–H and O–H groups in total. The van der Waals surface area contributed by atoms with Crippen LogP contribution in [0, 0.1) is 5.41 Å². The maximum Gasteiger partial charge on any atom is 0.318 e. The maximum absolute atomic E-state index is 13.2. The van der Waals surface area contributed by atoms with Gasteiger partial charge in [0.1, 0.15) is 11.5 Å². The van der Waals surface area contributed by atoms with Crippen molar-refractivity contribution in [2.45, 2.75) is 51.1 Å². The Balaban J connectivity index is 1.69. The molecule has 2 saturated heterocycles. The molecule has 33 heavy (non-hydrogen) atoms. The first-order valence-corrected chi connectivity index (χ1v) is 12.2. The molecule has 1 aliphatic carbocycles. The molecule has 180 valence electrons. The van der Waals surface area contributed by atoms with Gasteiger partial charge in [-0.3, -0.25) is 9.59 Å². The van der Waals surface area contributed by atoms with E-state index in [1.165, 1.54) is 7.11 Å². The van der Waals surface area contributed by atoms with Crippen LogP contribution in [0.3, 0.4) is 0 Å². The van der Waals surface area contributed by atoms with Crippen molar-refractivity contribution < 1.29 is 33.3 Å². The van der Waals surface area contributed by atoms with Gasteiger partial charge in [-0.2, -0.15) is 0 Å². The highest BCUT2D eigenvalue weighted by molar-refractivity contribution is 9.11. The van der Waals surface area contributed by atoms with E-state index in [0.717, 1.165) is 10.0 Å². The van der Waals surface area contributed by atoms with Gasteiger partial charge in [-0.15, -0.1) is 0 Å². The normalized spacial score (nSPS) is 28.0. The molecule has 0 aromatic heterocycles. The Morgan fingerprint density at radius 2 is 1.82 bits per heavy atom. The van der Waals surface area contributed by atoms with Crippen LogP contribution in [0.2, 0.25) is 0 Å². The molecule has 2 aliphatic heterocycles. The van der Waals surface area contributed by atoms with E-state index in [1.807, 2.05) is 26.0 Å². The second-order valence-corrected chi connectivity index (χ2v) is 10.5. The Kier molecular flexibility index (Phi) is 6.58. The Labute approximate surface area is 209 Å². The summed E-state index contributed by atoms with van der Waals surface area (Å²) in [7, 11) is 4.50. The first kappa shape index (κ1) is 24.5. The highest BCUT2D eigenvalue weighted by Crippen LogP contribution is 2.56. The lowest BCUT2D eigenvalue weighted by atomic mass is 9.73. The monoisotopic (exact) mass is 587 g/mol. The maximum atomic E-state index is 13.2. The van der Waals surface area contributed by atoms with E-state index in [1.54, 1.807) is 19.1 Å². The largest absolute Gasteiger partial charge is 0.493 e. The Bertz CT molecular complexity index is 1020. The number of carbonyl (C=O) groups excluding carboxylic acids is 2. The van der Waals surface area contributed by atoms with Crippen molar-refractivity contribution in [2.75, 3.05) is 27.9 Å². The summed E-state index contributed by atoms with van der Waals surface area (Å²) in [5, 5.41) is 0. The van der Waals surface area contributed by atoms with Crippen molar-refractivity contribution in [1.29, 1.82) is 0 Å². The zero-order valence-corrected chi connectivity index (χ0v) is 22.4. The van der Waals surface area contributed by atoms with Crippen LogP contribution in [0.15, 0.2) is 26.8 Å². The fourth-order valence-electron chi connectivity index (χ4n) is 5.03. The van der Waals surface area contributed by atoms with E-state index in [0.29, 0.717) is 41.1 Å². The van der Waals surface area contributed by atoms with Gasteiger partial charge in [0, 0.05) is 21.9 Å². The molecule has 0 unspecified atom stereocenters. The first-order chi connectivity index (χ1) is 15.6. The number of carbonyl (C=O) groups is 2. The molecule has 0 bridgehead atoms. The zero-order chi connectivity index (χ0) is 24.1. The summed E-state index contributed by atoms with van der Waals surface area (Å²) in [5.74, 6) is -0.149. The van der Waals surface area contributed by atoms with Gasteiger partial charge in [0.05, 0.1) is 33.1 Å². The van der Waals surface area contributed by atoms with Crippen LogP contribution >= 0.6 is 31.9 Å². The molecular weight excluding hydrogens is 562 g/mol. The molecule has 3 atom stereocenters. The van der Waals surface area contributed by atoms with Gasteiger partial charge in [-0.1, -0.05) is 31.9 Å². The number of hydrogen-bond acceptors (Lipinski definition) is 7. The molecule has 2 fully saturated rings. The van der Waals surface area contributed by atoms with Crippen molar-refractivity contribution in [2.24, 2.45) is 5.41 Å². The molecule has 4 rings (SSSR count). The van der Waals surface area contributed by atoms with Gasteiger partial charge in [-0.25, -0.2) is 0 Å². The number of rotatable bonds is 6. The number of likely N-dealkylation sites (tertiary alicyclic amines) is 1. The van der Waals surface area contributed by atoms with Crippen LogP contribution in [0.25, 0.3) is 0 Å². The number of benzene rings is 1. The quantitative estimate of drug-likeness (QED) is 0.466. The Morgan fingerprint density at radius 1 is 1.15 bits per heavy atom. The standard InChI is InChI=1S/C23H27Br2NO7/c1-22(2)32-16-10-23(21(28)31-5)11-17(27)26(20(23)18(25)19(16)33-22)7-6-12-8-14(29-3)15(30-4)9-13(12)24/h8-9,16,19H,6-7,10-11H2,1-5H3/t16-,19-,23+/m0/s1. The van der Waals surface area contributed by atoms with Gasteiger partial charge < -0.3 is 28.6 Å². The number of amides is 1. The molecule has 0 radical (unpaired) electrons. The van der Waals surface area contributed by atoms with E-state index >= 15 is 0 Å². The summed E-state index contributed by atoms with van der Waals surface area (Å²) in [5.41, 5.74) is 0.450. The summed E-state index contributed by atoms with van der Waals surface area (Å²) in [4.78, 5) is 27.9.